The first-order chi connectivity index (χ1) is 17.7. The number of nitrogens with zero attached hydrogens (tertiary/aromatic N) is 1. The zero-order valence-electron chi connectivity index (χ0n) is 20.8. The largest absolute Gasteiger partial charge is 0.489 e. The Morgan fingerprint density at radius 2 is 1.46 bits per heavy atom. The molecule has 7 nitrogen and oxygen atoms in total. The molecule has 3 aromatic carbocycles. The van der Waals surface area contributed by atoms with E-state index in [9.17, 15) is 14.4 Å². The smallest absolute Gasteiger partial charge is 0.333 e. The first kappa shape index (κ1) is 27.4. The van der Waals surface area contributed by atoms with Crippen molar-refractivity contribution in [3.05, 3.63) is 102 Å². The molecular formula is C29H27NO6S. The Balaban J connectivity index is 1.60. The van der Waals surface area contributed by atoms with Crippen LogP contribution in [0.2, 0.25) is 0 Å². The molecule has 1 atom stereocenters. The minimum absolute atomic E-state index is 0.0927. The third-order valence-electron chi connectivity index (χ3n) is 4.99. The van der Waals surface area contributed by atoms with Crippen LogP contribution in [0.4, 0.5) is 0 Å². The van der Waals surface area contributed by atoms with Gasteiger partial charge in [-0.2, -0.15) is 0 Å². The summed E-state index contributed by atoms with van der Waals surface area (Å²) in [6, 6.07) is 24.0. The van der Waals surface area contributed by atoms with Crippen LogP contribution in [0.1, 0.15) is 42.8 Å². The number of hydrogen-bond donors (Lipinski definition) is 0. The number of esters is 1. The Labute approximate surface area is 220 Å². The lowest BCUT2D eigenvalue weighted by atomic mass is 10.1. The van der Waals surface area contributed by atoms with Gasteiger partial charge in [-0.25, -0.2) is 9.59 Å². The number of benzene rings is 3. The summed E-state index contributed by atoms with van der Waals surface area (Å²) in [4.78, 5) is 41.8. The van der Waals surface area contributed by atoms with E-state index in [1.165, 1.54) is 25.6 Å². The fourth-order valence-corrected chi connectivity index (χ4v) is 3.88. The summed E-state index contributed by atoms with van der Waals surface area (Å²) in [6.07, 6.45) is -0.566. The first-order valence-corrected chi connectivity index (χ1v) is 12.2. The summed E-state index contributed by atoms with van der Waals surface area (Å²) in [7, 11) is 0. The third-order valence-corrected chi connectivity index (χ3v) is 6.00. The van der Waals surface area contributed by atoms with E-state index in [4.69, 9.17) is 9.47 Å². The zero-order valence-corrected chi connectivity index (χ0v) is 21.6. The molecule has 1 unspecified atom stereocenters. The Kier molecular flexibility index (Phi) is 9.80. The molecule has 0 aromatic heterocycles. The zero-order chi connectivity index (χ0) is 26.8. The summed E-state index contributed by atoms with van der Waals surface area (Å²) in [5.41, 5.74) is 1.70. The molecule has 0 bridgehead atoms. The van der Waals surface area contributed by atoms with Crippen molar-refractivity contribution < 1.29 is 28.7 Å². The summed E-state index contributed by atoms with van der Waals surface area (Å²) >= 11 is 1.53. The van der Waals surface area contributed by atoms with Crippen molar-refractivity contribution in [2.75, 3.05) is 6.61 Å². The average molecular weight is 518 g/mol. The van der Waals surface area contributed by atoms with Crippen molar-refractivity contribution in [1.29, 1.82) is 0 Å². The lowest BCUT2D eigenvalue weighted by Gasteiger charge is -2.19. The van der Waals surface area contributed by atoms with Gasteiger partial charge in [0.2, 0.25) is 5.78 Å². The van der Waals surface area contributed by atoms with Crippen LogP contribution >= 0.6 is 11.8 Å². The Morgan fingerprint density at radius 3 is 2.03 bits per heavy atom. The second-order valence-electron chi connectivity index (χ2n) is 8.08. The summed E-state index contributed by atoms with van der Waals surface area (Å²) < 4.78 is 11.5. The molecule has 0 N–H and O–H groups in total. The molecule has 3 rings (SSSR count). The molecule has 0 aliphatic rings. The summed E-state index contributed by atoms with van der Waals surface area (Å²) in [5.74, 6) is -0.733. The van der Waals surface area contributed by atoms with Gasteiger partial charge in [0.1, 0.15) is 18.1 Å². The lowest BCUT2D eigenvalue weighted by molar-refractivity contribution is -0.146. The number of carbonyl (C=O) groups is 3. The van der Waals surface area contributed by atoms with Gasteiger partial charge in [-0.1, -0.05) is 53.8 Å². The van der Waals surface area contributed by atoms with Crippen LogP contribution in [0.25, 0.3) is 0 Å². The van der Waals surface area contributed by atoms with Crippen molar-refractivity contribution in [3.63, 3.8) is 0 Å². The number of ketones is 1. The number of Topliss-reactive ketones (excluding diaryl/α,β-unsaturated/α-hetero) is 1. The molecule has 190 valence electrons. The van der Waals surface area contributed by atoms with Gasteiger partial charge >= 0.3 is 11.9 Å². The highest BCUT2D eigenvalue weighted by atomic mass is 32.2. The van der Waals surface area contributed by atoms with E-state index in [1.54, 1.807) is 19.1 Å². The molecule has 0 saturated heterocycles. The monoisotopic (exact) mass is 517 g/mol. The second kappa shape index (κ2) is 13.2. The van der Waals surface area contributed by atoms with Crippen LogP contribution in [0, 0.1) is 0 Å². The number of oxime groups is 1. The van der Waals surface area contributed by atoms with E-state index in [-0.39, 0.29) is 18.1 Å². The van der Waals surface area contributed by atoms with E-state index in [2.05, 4.69) is 16.6 Å². The molecule has 8 heteroatoms. The van der Waals surface area contributed by atoms with Crippen molar-refractivity contribution in [2.24, 2.45) is 5.16 Å². The number of ether oxygens (including phenoxy) is 2. The van der Waals surface area contributed by atoms with Crippen LogP contribution in [0.15, 0.2) is 106 Å². The summed E-state index contributed by atoms with van der Waals surface area (Å²) in [6.45, 7) is 8.11. The van der Waals surface area contributed by atoms with Crippen molar-refractivity contribution in [1.82, 2.24) is 0 Å². The van der Waals surface area contributed by atoms with Crippen LogP contribution < -0.4 is 4.74 Å². The highest BCUT2D eigenvalue weighted by Crippen LogP contribution is 2.30. The second-order valence-corrected chi connectivity index (χ2v) is 9.23. The predicted octanol–water partition coefficient (Wildman–Crippen LogP) is 6.20. The lowest BCUT2D eigenvalue weighted by Crippen LogP contribution is -2.18. The molecular weight excluding hydrogens is 490 g/mol. The number of carbonyl (C=O) groups excluding carboxylic acids is 3. The van der Waals surface area contributed by atoms with Crippen LogP contribution in [-0.4, -0.2) is 30.0 Å². The molecule has 0 spiro atoms. The number of rotatable bonds is 11. The van der Waals surface area contributed by atoms with Gasteiger partial charge in [-0.3, -0.25) is 4.79 Å². The van der Waals surface area contributed by atoms with Gasteiger partial charge < -0.3 is 14.3 Å². The van der Waals surface area contributed by atoms with Gasteiger partial charge in [0.25, 0.3) is 0 Å². The van der Waals surface area contributed by atoms with Crippen molar-refractivity contribution in [2.45, 2.75) is 36.7 Å². The molecule has 0 saturated carbocycles. The van der Waals surface area contributed by atoms with Crippen molar-refractivity contribution >= 4 is 35.2 Å². The van der Waals surface area contributed by atoms with Gasteiger partial charge in [0.15, 0.2) is 6.10 Å². The van der Waals surface area contributed by atoms with E-state index < -0.39 is 18.0 Å². The molecule has 37 heavy (non-hydrogen) atoms. The van der Waals surface area contributed by atoms with E-state index in [0.29, 0.717) is 16.9 Å². The van der Waals surface area contributed by atoms with E-state index in [0.717, 1.165) is 15.4 Å². The SMILES string of the molecule is C=C(C)C(=O)OC(COc1ccc(Sc2ccc(C(=O)/C(C)=N/OC(C)=O)cc2)cc1)c1ccccc1. The highest BCUT2D eigenvalue weighted by molar-refractivity contribution is 7.99. The molecule has 0 heterocycles. The topological polar surface area (TPSA) is 91.3 Å². The normalized spacial score (nSPS) is 11.8. The van der Waals surface area contributed by atoms with Crippen LogP contribution in [0.5, 0.6) is 5.75 Å². The molecule has 0 fully saturated rings. The quantitative estimate of drug-likeness (QED) is 0.0747. The first-order valence-electron chi connectivity index (χ1n) is 11.4. The fraction of sp³-hybridized carbons (Fsp3) is 0.172. The van der Waals surface area contributed by atoms with Gasteiger partial charge in [-0.15, -0.1) is 0 Å². The van der Waals surface area contributed by atoms with E-state index >= 15 is 0 Å². The number of hydrogen-bond acceptors (Lipinski definition) is 8. The van der Waals surface area contributed by atoms with Crippen LogP contribution in [0.3, 0.4) is 0 Å². The minimum atomic E-state index is -0.586. The predicted molar refractivity (Wildman–Crippen MR) is 142 cm³/mol. The Morgan fingerprint density at radius 1 is 0.865 bits per heavy atom. The standard InChI is InChI=1S/C29H27NO6S/c1-19(2)29(33)35-27(22-8-6-5-7-9-22)18-34-24-12-16-26(17-13-24)37-25-14-10-23(11-15-25)28(32)20(3)30-36-21(4)31/h5-17,27H,1,18H2,2-4H3/b30-20+. The van der Waals surface area contributed by atoms with E-state index in [1.807, 2.05) is 66.7 Å². The Hall–Kier alpha value is -4.17. The summed E-state index contributed by atoms with van der Waals surface area (Å²) in [5, 5.41) is 3.54. The maximum Gasteiger partial charge on any atom is 0.333 e. The molecule has 0 aliphatic carbocycles. The third kappa shape index (κ3) is 8.47. The molecule has 0 radical (unpaired) electrons. The van der Waals surface area contributed by atoms with Gasteiger partial charge in [0, 0.05) is 27.9 Å². The average Bonchev–Trinajstić information content (AvgIpc) is 2.90. The van der Waals surface area contributed by atoms with Crippen molar-refractivity contribution in [3.8, 4) is 5.75 Å². The molecule has 3 aromatic rings. The van der Waals surface area contributed by atoms with Crippen LogP contribution in [-0.2, 0) is 19.2 Å². The van der Waals surface area contributed by atoms with Gasteiger partial charge in [-0.05, 0) is 67.9 Å². The maximum absolute atomic E-state index is 12.4. The molecule has 0 amide bonds. The maximum atomic E-state index is 12.4. The highest BCUT2D eigenvalue weighted by Gasteiger charge is 2.18. The minimum Gasteiger partial charge on any atom is -0.489 e. The van der Waals surface area contributed by atoms with Gasteiger partial charge in [0.05, 0.1) is 0 Å². The fourth-order valence-electron chi connectivity index (χ4n) is 3.07. The molecule has 0 aliphatic heterocycles. The Bertz CT molecular complexity index is 1280.